The number of urea groups is 1. The lowest BCUT2D eigenvalue weighted by atomic mass is 9.59. The van der Waals surface area contributed by atoms with Crippen LogP contribution in [0.15, 0.2) is 24.3 Å². The zero-order valence-electron chi connectivity index (χ0n) is 12.4. The Hall–Kier alpha value is -1.91. The number of nitrogens with zero attached hydrogens (tertiary/aromatic N) is 1. The number of imide groups is 1. The molecule has 21 heavy (non-hydrogen) atoms. The third-order valence-electron chi connectivity index (χ3n) is 4.66. The third-order valence-corrected chi connectivity index (χ3v) is 4.66. The Morgan fingerprint density at radius 2 is 1.76 bits per heavy atom. The maximum atomic E-state index is 13.0. The number of hydrogen-bond acceptors (Lipinski definition) is 2. The van der Waals surface area contributed by atoms with Crippen molar-refractivity contribution in [2.24, 2.45) is 11.3 Å². The smallest absolute Gasteiger partial charge is 0.323 e. The highest BCUT2D eigenvalue weighted by molar-refractivity contribution is 6.23. The number of rotatable bonds is 1. The largest absolute Gasteiger partial charge is 0.329 e. The Balaban J connectivity index is 1.83. The second kappa shape index (κ2) is 4.29. The van der Waals surface area contributed by atoms with Crippen molar-refractivity contribution in [1.82, 2.24) is 5.32 Å². The van der Waals surface area contributed by atoms with Gasteiger partial charge in [0.15, 0.2) is 0 Å². The number of hydrogen-bond donors (Lipinski definition) is 1. The number of amides is 3. The summed E-state index contributed by atoms with van der Waals surface area (Å²) in [5.41, 5.74) is -0.224. The number of carbonyl (C=O) groups excluding carboxylic acids is 2. The van der Waals surface area contributed by atoms with Crippen LogP contribution in [0.4, 0.5) is 14.9 Å². The molecule has 1 saturated heterocycles. The van der Waals surface area contributed by atoms with Crippen molar-refractivity contribution in [3.63, 3.8) is 0 Å². The van der Waals surface area contributed by atoms with E-state index in [2.05, 4.69) is 26.1 Å². The van der Waals surface area contributed by atoms with E-state index >= 15 is 0 Å². The quantitative estimate of drug-likeness (QED) is 0.808. The summed E-state index contributed by atoms with van der Waals surface area (Å²) in [4.78, 5) is 25.9. The number of carbonyl (C=O) groups is 2. The van der Waals surface area contributed by atoms with Gasteiger partial charge in [0, 0.05) is 0 Å². The molecule has 1 aliphatic heterocycles. The van der Waals surface area contributed by atoms with Crippen LogP contribution < -0.4 is 10.2 Å². The molecule has 1 aromatic rings. The van der Waals surface area contributed by atoms with Gasteiger partial charge in [0.1, 0.15) is 11.4 Å². The van der Waals surface area contributed by atoms with Crippen LogP contribution in [0.3, 0.4) is 0 Å². The monoisotopic (exact) mass is 290 g/mol. The van der Waals surface area contributed by atoms with Gasteiger partial charge in [-0.15, -0.1) is 0 Å². The molecule has 3 rings (SSSR count). The fraction of sp³-hybridized carbons (Fsp3) is 0.500. The van der Waals surface area contributed by atoms with Gasteiger partial charge < -0.3 is 5.32 Å². The number of anilines is 1. The van der Waals surface area contributed by atoms with Crippen molar-refractivity contribution in [3.05, 3.63) is 30.1 Å². The summed E-state index contributed by atoms with van der Waals surface area (Å²) in [6.45, 7) is 6.43. The molecule has 1 heterocycles. The summed E-state index contributed by atoms with van der Waals surface area (Å²) >= 11 is 0. The Bertz CT molecular complexity index is 598. The minimum absolute atomic E-state index is 0.125. The van der Waals surface area contributed by atoms with E-state index in [1.807, 2.05) is 0 Å². The van der Waals surface area contributed by atoms with E-state index < -0.39 is 17.4 Å². The summed E-state index contributed by atoms with van der Waals surface area (Å²) in [5, 5.41) is 2.83. The topological polar surface area (TPSA) is 49.4 Å². The van der Waals surface area contributed by atoms with E-state index in [0.717, 1.165) is 4.90 Å². The van der Waals surface area contributed by atoms with Crippen molar-refractivity contribution in [1.29, 1.82) is 0 Å². The van der Waals surface area contributed by atoms with Crippen LogP contribution in [-0.2, 0) is 4.79 Å². The molecule has 0 atom stereocenters. The zero-order valence-corrected chi connectivity index (χ0v) is 12.4. The number of nitrogens with one attached hydrogen (secondary N) is 1. The summed E-state index contributed by atoms with van der Waals surface area (Å²) in [5.74, 6) is -0.202. The van der Waals surface area contributed by atoms with Crippen LogP contribution in [0.2, 0.25) is 0 Å². The van der Waals surface area contributed by atoms with Crippen molar-refractivity contribution in [3.8, 4) is 0 Å². The molecule has 4 nitrogen and oxygen atoms in total. The average Bonchev–Trinajstić information content (AvgIpc) is 2.60. The van der Waals surface area contributed by atoms with Gasteiger partial charge in [-0.25, -0.2) is 14.1 Å². The second-order valence-electron chi connectivity index (χ2n) is 7.10. The van der Waals surface area contributed by atoms with Gasteiger partial charge in [0.25, 0.3) is 5.91 Å². The Morgan fingerprint density at radius 3 is 2.29 bits per heavy atom. The lowest BCUT2D eigenvalue weighted by Crippen LogP contribution is -2.59. The van der Waals surface area contributed by atoms with Crippen molar-refractivity contribution in [2.75, 3.05) is 4.90 Å². The second-order valence-corrected chi connectivity index (χ2v) is 7.10. The first-order valence-corrected chi connectivity index (χ1v) is 7.15. The summed E-state index contributed by atoms with van der Waals surface area (Å²) < 4.78 is 13.0. The van der Waals surface area contributed by atoms with Gasteiger partial charge in [0.05, 0.1) is 5.69 Å². The third kappa shape index (κ3) is 2.11. The highest BCUT2D eigenvalue weighted by Crippen LogP contribution is 2.50. The van der Waals surface area contributed by atoms with Crippen LogP contribution in [0, 0.1) is 17.2 Å². The van der Waals surface area contributed by atoms with Crippen molar-refractivity contribution in [2.45, 2.75) is 39.2 Å². The molecule has 112 valence electrons. The van der Waals surface area contributed by atoms with Crippen LogP contribution in [0.25, 0.3) is 0 Å². The highest BCUT2D eigenvalue weighted by Gasteiger charge is 2.60. The first-order chi connectivity index (χ1) is 9.73. The lowest BCUT2D eigenvalue weighted by Gasteiger charge is -2.48. The number of benzene rings is 1. The molecule has 0 aromatic heterocycles. The SMILES string of the molecule is CC(C)(C)C1CC2(C1)NC(=O)N(c1ccc(F)cc1)C2=O. The van der Waals surface area contributed by atoms with Gasteiger partial charge in [0.2, 0.25) is 0 Å². The minimum atomic E-state index is -0.760. The van der Waals surface area contributed by atoms with Gasteiger partial charge in [-0.2, -0.15) is 0 Å². The molecule has 0 radical (unpaired) electrons. The molecule has 2 fully saturated rings. The van der Waals surface area contributed by atoms with Crippen molar-refractivity contribution >= 4 is 17.6 Å². The molecule has 0 unspecified atom stereocenters. The first kappa shape index (κ1) is 14.0. The van der Waals surface area contributed by atoms with Gasteiger partial charge >= 0.3 is 6.03 Å². The molecule has 2 aliphatic rings. The summed E-state index contributed by atoms with van der Waals surface area (Å²) in [6, 6.07) is 4.98. The molecule has 1 aliphatic carbocycles. The molecular formula is C16H19FN2O2. The van der Waals surface area contributed by atoms with E-state index in [1.165, 1.54) is 24.3 Å². The van der Waals surface area contributed by atoms with E-state index in [1.54, 1.807) is 0 Å². The van der Waals surface area contributed by atoms with Gasteiger partial charge in [-0.05, 0) is 48.4 Å². The van der Waals surface area contributed by atoms with E-state index in [-0.39, 0.29) is 11.3 Å². The summed E-state index contributed by atoms with van der Waals surface area (Å²) in [7, 11) is 0. The van der Waals surface area contributed by atoms with Gasteiger partial charge in [-0.1, -0.05) is 20.8 Å². The molecule has 1 spiro atoms. The molecule has 1 N–H and O–H groups in total. The normalized spacial score (nSPS) is 28.8. The minimum Gasteiger partial charge on any atom is -0.323 e. The van der Waals surface area contributed by atoms with E-state index in [9.17, 15) is 14.0 Å². The predicted octanol–water partition coefficient (Wildman–Crippen LogP) is 3.08. The molecule has 0 bridgehead atoms. The average molecular weight is 290 g/mol. The first-order valence-electron chi connectivity index (χ1n) is 7.15. The van der Waals surface area contributed by atoms with Crippen LogP contribution in [-0.4, -0.2) is 17.5 Å². The fourth-order valence-electron chi connectivity index (χ4n) is 3.12. The van der Waals surface area contributed by atoms with Crippen LogP contribution >= 0.6 is 0 Å². The lowest BCUT2D eigenvalue weighted by molar-refractivity contribution is -0.128. The maximum absolute atomic E-state index is 13.0. The Kier molecular flexibility index (Phi) is 2.87. The zero-order chi connectivity index (χ0) is 15.4. The van der Waals surface area contributed by atoms with Crippen molar-refractivity contribution < 1.29 is 14.0 Å². The fourth-order valence-corrected chi connectivity index (χ4v) is 3.12. The van der Waals surface area contributed by atoms with Crippen LogP contribution in [0.5, 0.6) is 0 Å². The Labute approximate surface area is 123 Å². The molecular weight excluding hydrogens is 271 g/mol. The predicted molar refractivity (Wildman–Crippen MR) is 77.3 cm³/mol. The highest BCUT2D eigenvalue weighted by atomic mass is 19.1. The summed E-state index contributed by atoms with van der Waals surface area (Å²) in [6.07, 6.45) is 1.33. The molecule has 5 heteroatoms. The van der Waals surface area contributed by atoms with Gasteiger partial charge in [-0.3, -0.25) is 4.79 Å². The Morgan fingerprint density at radius 1 is 1.19 bits per heavy atom. The van der Waals surface area contributed by atoms with E-state index in [0.29, 0.717) is 24.4 Å². The standard InChI is InChI=1S/C16H19FN2O2/c1-15(2,3)10-8-16(9-10)13(20)19(14(21)18-16)12-6-4-11(17)5-7-12/h4-7,10H,8-9H2,1-3H3,(H,18,21). The van der Waals surface area contributed by atoms with Crippen LogP contribution in [0.1, 0.15) is 33.6 Å². The maximum Gasteiger partial charge on any atom is 0.329 e. The molecule has 1 aromatic carbocycles. The molecule has 3 amide bonds. The number of halogens is 1. The van der Waals surface area contributed by atoms with E-state index in [4.69, 9.17) is 0 Å². The molecule has 1 saturated carbocycles.